The third-order valence-corrected chi connectivity index (χ3v) is 7.99. The zero-order valence-electron chi connectivity index (χ0n) is 16.7. The molecule has 2 rings (SSSR count). The average molecular weight is 398 g/mol. The van der Waals surface area contributed by atoms with Crippen LogP contribution in [0.4, 0.5) is 0 Å². The fraction of sp³-hybridized carbons (Fsp3) is 0.650. The molecule has 4 nitrogen and oxygen atoms in total. The lowest BCUT2D eigenvalue weighted by Gasteiger charge is -2.42. The topological polar surface area (TPSA) is 38.3 Å². The SMILES string of the molecule is CCCC[Si](C)(C)O[C@H]1CCC[N+]1(CNC(C)=O)Cc1cccc(Cl)c1. The van der Waals surface area contributed by atoms with Crippen LogP contribution in [0, 0.1) is 0 Å². The highest BCUT2D eigenvalue weighted by molar-refractivity contribution is 6.71. The molecular weight excluding hydrogens is 364 g/mol. The van der Waals surface area contributed by atoms with E-state index in [1.165, 1.54) is 24.4 Å². The number of hydrogen-bond acceptors (Lipinski definition) is 2. The number of likely N-dealkylation sites (tertiary alicyclic amines) is 1. The van der Waals surface area contributed by atoms with Gasteiger partial charge in [0.2, 0.25) is 5.91 Å². The van der Waals surface area contributed by atoms with Gasteiger partial charge in [-0.05, 0) is 31.3 Å². The number of carbonyl (C=O) groups is 1. The van der Waals surface area contributed by atoms with Crippen molar-refractivity contribution in [2.24, 2.45) is 0 Å². The molecule has 26 heavy (non-hydrogen) atoms. The standard InChI is InChI=1S/C20H33ClN2O2Si/c1-5-6-13-26(3,4)25-20-11-8-12-23(20,16-22-17(2)24)15-18-9-7-10-19(21)14-18/h7,9-10,14,20H,5-6,8,11-13,15-16H2,1-4H3/p+1/t20-,23?/m0/s1. The van der Waals surface area contributed by atoms with Crippen LogP contribution in [0.1, 0.15) is 45.1 Å². The summed E-state index contributed by atoms with van der Waals surface area (Å²) in [4.78, 5) is 11.6. The number of unbranched alkanes of at least 4 members (excludes halogenated alkanes) is 1. The molecule has 0 aliphatic carbocycles. The molecule has 1 aromatic rings. The molecule has 146 valence electrons. The van der Waals surface area contributed by atoms with Crippen molar-refractivity contribution < 1.29 is 13.7 Å². The number of amides is 1. The Balaban J connectivity index is 2.21. The molecule has 1 heterocycles. The van der Waals surface area contributed by atoms with E-state index in [0.717, 1.165) is 35.4 Å². The predicted molar refractivity (Wildman–Crippen MR) is 110 cm³/mol. The van der Waals surface area contributed by atoms with E-state index in [1.54, 1.807) is 6.92 Å². The van der Waals surface area contributed by atoms with E-state index in [-0.39, 0.29) is 12.1 Å². The summed E-state index contributed by atoms with van der Waals surface area (Å²) in [6.07, 6.45) is 4.77. The third kappa shape index (κ3) is 6.08. The Bertz CT molecular complexity index is 611. The van der Waals surface area contributed by atoms with Crippen molar-refractivity contribution in [2.45, 2.75) is 71.4 Å². The summed E-state index contributed by atoms with van der Waals surface area (Å²) >= 11 is 6.20. The number of quaternary nitrogens is 1. The van der Waals surface area contributed by atoms with Crippen LogP contribution in [0.15, 0.2) is 24.3 Å². The molecule has 1 aromatic carbocycles. The molecule has 0 saturated carbocycles. The molecule has 0 aromatic heterocycles. The van der Waals surface area contributed by atoms with E-state index in [0.29, 0.717) is 6.67 Å². The van der Waals surface area contributed by atoms with Crippen molar-refractivity contribution in [3.05, 3.63) is 34.9 Å². The minimum atomic E-state index is -1.72. The lowest BCUT2D eigenvalue weighted by molar-refractivity contribution is -0.970. The first kappa shape index (κ1) is 21.4. The van der Waals surface area contributed by atoms with Gasteiger partial charge in [0.1, 0.15) is 6.54 Å². The fourth-order valence-corrected chi connectivity index (χ4v) is 6.50. The van der Waals surface area contributed by atoms with Crippen LogP contribution in [-0.2, 0) is 15.8 Å². The Labute approximate surface area is 164 Å². The Kier molecular flexibility index (Phi) is 7.71. The van der Waals surface area contributed by atoms with E-state index in [9.17, 15) is 4.79 Å². The summed E-state index contributed by atoms with van der Waals surface area (Å²) in [5.41, 5.74) is 1.20. The summed E-state index contributed by atoms with van der Waals surface area (Å²) in [5.74, 6) is 0.0155. The van der Waals surface area contributed by atoms with E-state index in [2.05, 4.69) is 31.4 Å². The molecule has 0 bridgehead atoms. The van der Waals surface area contributed by atoms with Crippen LogP contribution >= 0.6 is 11.6 Å². The van der Waals surface area contributed by atoms with E-state index in [1.807, 2.05) is 18.2 Å². The fourth-order valence-electron chi connectivity index (χ4n) is 3.88. The molecule has 6 heteroatoms. The highest BCUT2D eigenvalue weighted by Gasteiger charge is 2.45. The summed E-state index contributed by atoms with van der Waals surface area (Å²) < 4.78 is 7.54. The number of benzene rings is 1. The van der Waals surface area contributed by atoms with E-state index in [4.69, 9.17) is 16.0 Å². The van der Waals surface area contributed by atoms with Crippen molar-refractivity contribution in [2.75, 3.05) is 13.2 Å². The largest absolute Gasteiger partial charge is 0.371 e. The Morgan fingerprint density at radius 3 is 2.85 bits per heavy atom. The van der Waals surface area contributed by atoms with Crippen molar-refractivity contribution in [1.29, 1.82) is 0 Å². The van der Waals surface area contributed by atoms with Crippen LogP contribution in [0.5, 0.6) is 0 Å². The summed E-state index contributed by atoms with van der Waals surface area (Å²) in [5, 5.41) is 3.82. The zero-order valence-corrected chi connectivity index (χ0v) is 18.4. The van der Waals surface area contributed by atoms with Crippen LogP contribution in [0.3, 0.4) is 0 Å². The number of carbonyl (C=O) groups excluding carboxylic acids is 1. The summed E-state index contributed by atoms with van der Waals surface area (Å²) in [6.45, 7) is 10.9. The monoisotopic (exact) mass is 397 g/mol. The van der Waals surface area contributed by atoms with Crippen LogP contribution in [0.2, 0.25) is 24.2 Å². The predicted octanol–water partition coefficient (Wildman–Crippen LogP) is 4.89. The second-order valence-electron chi connectivity index (χ2n) is 8.20. The lowest BCUT2D eigenvalue weighted by atomic mass is 10.2. The van der Waals surface area contributed by atoms with Gasteiger partial charge < -0.3 is 9.74 Å². The molecule has 1 aliphatic heterocycles. The molecule has 1 fully saturated rings. The number of nitrogens with one attached hydrogen (secondary N) is 1. The lowest BCUT2D eigenvalue weighted by Crippen LogP contribution is -2.59. The number of rotatable bonds is 9. The Morgan fingerprint density at radius 1 is 1.42 bits per heavy atom. The maximum absolute atomic E-state index is 11.6. The normalized spacial score (nSPS) is 23.2. The highest BCUT2D eigenvalue weighted by atomic mass is 35.5. The van der Waals surface area contributed by atoms with Gasteiger partial charge in [-0.2, -0.15) is 0 Å². The molecule has 1 aliphatic rings. The van der Waals surface area contributed by atoms with Gasteiger partial charge in [-0.15, -0.1) is 0 Å². The summed E-state index contributed by atoms with van der Waals surface area (Å²) in [6, 6.07) is 9.25. The Morgan fingerprint density at radius 2 is 2.19 bits per heavy atom. The number of hydrogen-bond donors (Lipinski definition) is 1. The quantitative estimate of drug-likeness (QED) is 0.475. The van der Waals surface area contributed by atoms with Gasteiger partial charge in [-0.3, -0.25) is 9.28 Å². The minimum Gasteiger partial charge on any atom is -0.371 e. The first-order valence-electron chi connectivity index (χ1n) is 9.79. The second-order valence-corrected chi connectivity index (χ2v) is 12.9. The molecule has 0 radical (unpaired) electrons. The number of halogens is 1. The van der Waals surface area contributed by atoms with Gasteiger partial charge >= 0.3 is 0 Å². The minimum absolute atomic E-state index is 0.0155. The van der Waals surface area contributed by atoms with Crippen molar-refractivity contribution in [1.82, 2.24) is 5.32 Å². The smallest absolute Gasteiger partial charge is 0.221 e. The first-order chi connectivity index (χ1) is 12.3. The molecule has 0 spiro atoms. The second kappa shape index (κ2) is 9.35. The van der Waals surface area contributed by atoms with Crippen LogP contribution in [-0.4, -0.2) is 38.1 Å². The molecule has 1 saturated heterocycles. The van der Waals surface area contributed by atoms with Gasteiger partial charge in [0.05, 0.1) is 6.54 Å². The van der Waals surface area contributed by atoms with Crippen molar-refractivity contribution in [3.8, 4) is 0 Å². The third-order valence-electron chi connectivity index (χ3n) is 5.28. The maximum atomic E-state index is 11.6. The molecule has 2 atom stereocenters. The zero-order chi connectivity index (χ0) is 19.2. The Hall–Kier alpha value is -0.883. The van der Waals surface area contributed by atoms with Crippen LogP contribution < -0.4 is 5.32 Å². The van der Waals surface area contributed by atoms with Gasteiger partial charge in [-0.1, -0.05) is 43.5 Å². The van der Waals surface area contributed by atoms with Crippen LogP contribution in [0.25, 0.3) is 0 Å². The molecule has 1 unspecified atom stereocenters. The van der Waals surface area contributed by atoms with Gasteiger partial charge in [-0.25, -0.2) is 0 Å². The highest BCUT2D eigenvalue weighted by Crippen LogP contribution is 2.33. The van der Waals surface area contributed by atoms with Crippen molar-refractivity contribution >= 4 is 25.8 Å². The van der Waals surface area contributed by atoms with Gasteiger partial charge in [0.15, 0.2) is 21.2 Å². The number of nitrogens with zero attached hydrogens (tertiary/aromatic N) is 1. The average Bonchev–Trinajstić information content (AvgIpc) is 2.93. The molecule has 1 N–H and O–H groups in total. The van der Waals surface area contributed by atoms with Gasteiger partial charge in [0.25, 0.3) is 0 Å². The summed E-state index contributed by atoms with van der Waals surface area (Å²) in [7, 11) is -1.72. The van der Waals surface area contributed by atoms with Crippen molar-refractivity contribution in [3.63, 3.8) is 0 Å². The van der Waals surface area contributed by atoms with Gasteiger partial charge in [0, 0.05) is 30.4 Å². The van der Waals surface area contributed by atoms with E-state index < -0.39 is 8.32 Å². The first-order valence-corrected chi connectivity index (χ1v) is 13.3. The maximum Gasteiger partial charge on any atom is 0.221 e. The van der Waals surface area contributed by atoms with E-state index >= 15 is 0 Å². The molecular formula is C20H34ClN2O2Si+. The molecule has 1 amide bonds.